The van der Waals surface area contributed by atoms with E-state index in [1.807, 2.05) is 0 Å². The van der Waals surface area contributed by atoms with Crippen molar-refractivity contribution in [3.8, 4) is 0 Å². The van der Waals surface area contributed by atoms with Crippen molar-refractivity contribution < 1.29 is 9.90 Å². The van der Waals surface area contributed by atoms with Crippen molar-refractivity contribution >= 4 is 17.7 Å². The van der Waals surface area contributed by atoms with Crippen LogP contribution in [0.5, 0.6) is 0 Å². The summed E-state index contributed by atoms with van der Waals surface area (Å²) in [5.41, 5.74) is 0. The number of aliphatic carboxylic acids is 1. The lowest BCUT2D eigenvalue weighted by Crippen LogP contribution is -2.58. The van der Waals surface area contributed by atoms with Crippen LogP contribution in [0, 0.1) is 0 Å². The first-order valence-electron chi connectivity index (χ1n) is 5.20. The summed E-state index contributed by atoms with van der Waals surface area (Å²) >= 11 is 1.48. The number of carboxylic acids is 1. The molecule has 2 fully saturated rings. The molecular weight excluding hydrogens is 214 g/mol. The van der Waals surface area contributed by atoms with Crippen molar-refractivity contribution in [1.29, 1.82) is 0 Å². The van der Waals surface area contributed by atoms with E-state index in [1.54, 1.807) is 0 Å². The molecular formula is C9H17N3O2S. The highest BCUT2D eigenvalue weighted by Crippen LogP contribution is 2.15. The van der Waals surface area contributed by atoms with E-state index in [2.05, 4.69) is 14.7 Å². The Balaban J connectivity index is 1.72. The first kappa shape index (κ1) is 11.2. The molecule has 2 aliphatic heterocycles. The Kier molecular flexibility index (Phi) is 3.85. The smallest absolute Gasteiger partial charge is 0.313 e. The second-order valence-electron chi connectivity index (χ2n) is 4.11. The normalized spacial score (nSPS) is 31.5. The Bertz CT molecular complexity index is 227. The Morgan fingerprint density at radius 1 is 1.20 bits per heavy atom. The van der Waals surface area contributed by atoms with Crippen LogP contribution in [0.15, 0.2) is 0 Å². The van der Waals surface area contributed by atoms with Gasteiger partial charge in [-0.3, -0.25) is 19.5 Å². The molecule has 0 aromatic carbocycles. The van der Waals surface area contributed by atoms with Crippen molar-refractivity contribution in [2.24, 2.45) is 0 Å². The summed E-state index contributed by atoms with van der Waals surface area (Å²) < 4.78 is 0. The standard InChI is InChI=1S/C9H17N3O2S/c13-9(14)4-15-8-12-6-10-2-1-3-11(5-10)7-12/h1-8H2,(H,13,14). The fraction of sp³-hybridized carbons (Fsp3) is 0.889. The Labute approximate surface area is 94.0 Å². The minimum absolute atomic E-state index is 0.205. The number of hydrogen-bond acceptors (Lipinski definition) is 5. The van der Waals surface area contributed by atoms with Gasteiger partial charge in [0.1, 0.15) is 0 Å². The third kappa shape index (κ3) is 3.34. The lowest BCUT2D eigenvalue weighted by Gasteiger charge is -2.45. The van der Waals surface area contributed by atoms with Crippen LogP contribution in [0.2, 0.25) is 0 Å². The molecule has 0 spiro atoms. The number of fused-ring (bicyclic) bond motifs is 2. The highest BCUT2D eigenvalue weighted by atomic mass is 32.2. The maximum absolute atomic E-state index is 10.4. The fourth-order valence-electron chi connectivity index (χ4n) is 2.13. The Hall–Kier alpha value is -0.300. The molecule has 2 unspecified atom stereocenters. The Morgan fingerprint density at radius 2 is 1.87 bits per heavy atom. The molecule has 0 amide bonds. The summed E-state index contributed by atoms with van der Waals surface area (Å²) in [4.78, 5) is 17.5. The molecule has 86 valence electrons. The van der Waals surface area contributed by atoms with E-state index in [1.165, 1.54) is 31.3 Å². The minimum atomic E-state index is -0.724. The molecule has 6 heteroatoms. The van der Waals surface area contributed by atoms with Crippen LogP contribution < -0.4 is 0 Å². The van der Waals surface area contributed by atoms with E-state index in [0.29, 0.717) is 0 Å². The molecule has 15 heavy (non-hydrogen) atoms. The van der Waals surface area contributed by atoms with Gasteiger partial charge in [-0.2, -0.15) is 0 Å². The van der Waals surface area contributed by atoms with Crippen molar-refractivity contribution in [2.75, 3.05) is 44.7 Å². The van der Waals surface area contributed by atoms with Crippen LogP contribution in [-0.2, 0) is 4.79 Å². The molecule has 2 saturated heterocycles. The lowest BCUT2D eigenvalue weighted by molar-refractivity contribution is -0.133. The molecule has 0 saturated carbocycles. The molecule has 2 bridgehead atoms. The largest absolute Gasteiger partial charge is 0.481 e. The van der Waals surface area contributed by atoms with E-state index < -0.39 is 5.97 Å². The summed E-state index contributed by atoms with van der Waals surface area (Å²) in [7, 11) is 0. The van der Waals surface area contributed by atoms with E-state index in [4.69, 9.17) is 5.11 Å². The number of carbonyl (C=O) groups is 1. The van der Waals surface area contributed by atoms with E-state index in [0.717, 1.165) is 25.9 Å². The van der Waals surface area contributed by atoms with Gasteiger partial charge in [0.25, 0.3) is 0 Å². The maximum Gasteiger partial charge on any atom is 0.313 e. The van der Waals surface area contributed by atoms with Crippen LogP contribution in [-0.4, -0.2) is 70.5 Å². The predicted molar refractivity (Wildman–Crippen MR) is 59.4 cm³/mol. The quantitative estimate of drug-likeness (QED) is 0.732. The minimum Gasteiger partial charge on any atom is -0.481 e. The summed E-state index contributed by atoms with van der Waals surface area (Å²) in [5.74, 6) is 0.299. The SMILES string of the molecule is O=C(O)CSCN1CN2CCCN(C2)C1. The monoisotopic (exact) mass is 231 g/mol. The van der Waals surface area contributed by atoms with Crippen molar-refractivity contribution in [3.05, 3.63) is 0 Å². The average molecular weight is 231 g/mol. The molecule has 0 radical (unpaired) electrons. The third-order valence-electron chi connectivity index (χ3n) is 2.65. The maximum atomic E-state index is 10.4. The molecule has 2 heterocycles. The van der Waals surface area contributed by atoms with Gasteiger partial charge in [-0.1, -0.05) is 0 Å². The van der Waals surface area contributed by atoms with Gasteiger partial charge in [0.15, 0.2) is 0 Å². The average Bonchev–Trinajstić information content (AvgIpc) is 2.16. The molecule has 2 atom stereocenters. The van der Waals surface area contributed by atoms with Crippen LogP contribution in [0.25, 0.3) is 0 Å². The highest BCUT2D eigenvalue weighted by molar-refractivity contribution is 7.99. The van der Waals surface area contributed by atoms with Crippen LogP contribution in [0.3, 0.4) is 0 Å². The van der Waals surface area contributed by atoms with Gasteiger partial charge < -0.3 is 5.11 Å². The van der Waals surface area contributed by atoms with E-state index in [9.17, 15) is 4.79 Å². The summed E-state index contributed by atoms with van der Waals surface area (Å²) in [5, 5.41) is 8.54. The van der Waals surface area contributed by atoms with Gasteiger partial charge in [-0.05, 0) is 6.42 Å². The van der Waals surface area contributed by atoms with Crippen molar-refractivity contribution in [3.63, 3.8) is 0 Å². The summed E-state index contributed by atoms with van der Waals surface area (Å²) in [6.45, 7) is 5.42. The van der Waals surface area contributed by atoms with Gasteiger partial charge in [0.05, 0.1) is 25.8 Å². The number of thioether (sulfide) groups is 1. The van der Waals surface area contributed by atoms with Gasteiger partial charge >= 0.3 is 5.97 Å². The molecule has 5 nitrogen and oxygen atoms in total. The van der Waals surface area contributed by atoms with Crippen LogP contribution in [0.4, 0.5) is 0 Å². The molecule has 1 N–H and O–H groups in total. The molecule has 2 rings (SSSR count). The van der Waals surface area contributed by atoms with Crippen molar-refractivity contribution in [2.45, 2.75) is 6.42 Å². The summed E-state index contributed by atoms with van der Waals surface area (Å²) in [6, 6.07) is 0. The van der Waals surface area contributed by atoms with E-state index >= 15 is 0 Å². The molecule has 0 aromatic heterocycles. The van der Waals surface area contributed by atoms with Gasteiger partial charge in [0.2, 0.25) is 0 Å². The van der Waals surface area contributed by atoms with E-state index in [-0.39, 0.29) is 5.75 Å². The van der Waals surface area contributed by atoms with Gasteiger partial charge in [-0.25, -0.2) is 0 Å². The van der Waals surface area contributed by atoms with Gasteiger partial charge in [0, 0.05) is 19.0 Å². The molecule has 0 aliphatic carbocycles. The number of nitrogens with zero attached hydrogens (tertiary/aromatic N) is 3. The van der Waals surface area contributed by atoms with Crippen molar-refractivity contribution in [1.82, 2.24) is 14.7 Å². The van der Waals surface area contributed by atoms with Gasteiger partial charge in [-0.15, -0.1) is 11.8 Å². The van der Waals surface area contributed by atoms with Crippen LogP contribution in [0.1, 0.15) is 6.42 Å². The number of carboxylic acid groups (broad SMARTS) is 1. The lowest BCUT2D eigenvalue weighted by atomic mass is 10.3. The predicted octanol–water partition coefficient (Wildman–Crippen LogP) is -0.0425. The second kappa shape index (κ2) is 5.16. The zero-order valence-electron chi connectivity index (χ0n) is 8.76. The molecule has 2 aliphatic rings. The number of rotatable bonds is 4. The second-order valence-corrected chi connectivity index (χ2v) is 5.06. The topological polar surface area (TPSA) is 47.0 Å². The summed E-state index contributed by atoms with van der Waals surface area (Å²) in [6.07, 6.45) is 1.26. The highest BCUT2D eigenvalue weighted by Gasteiger charge is 2.26. The molecule has 0 aromatic rings. The fourth-order valence-corrected chi connectivity index (χ4v) is 2.81. The zero-order valence-corrected chi connectivity index (χ0v) is 9.58. The number of hydrogen-bond donors (Lipinski definition) is 1. The third-order valence-corrected chi connectivity index (χ3v) is 3.65. The first-order valence-corrected chi connectivity index (χ1v) is 6.36. The van der Waals surface area contributed by atoms with Crippen LogP contribution >= 0.6 is 11.8 Å². The zero-order chi connectivity index (χ0) is 10.7. The first-order chi connectivity index (χ1) is 7.24. The Morgan fingerprint density at radius 3 is 2.47 bits per heavy atom.